The first kappa shape index (κ1) is 20.4. The normalized spacial score (nSPS) is 23.7. The Hall–Kier alpha value is -3.20. The van der Waals surface area contributed by atoms with Crippen LogP contribution in [0.15, 0.2) is 30.5 Å². The lowest BCUT2D eigenvalue weighted by molar-refractivity contribution is -0.0870. The van der Waals surface area contributed by atoms with Crippen LogP contribution in [0.5, 0.6) is 0 Å². The number of fused-ring (bicyclic) bond motifs is 1. The van der Waals surface area contributed by atoms with Crippen LogP contribution in [-0.2, 0) is 10.3 Å². The summed E-state index contributed by atoms with van der Waals surface area (Å²) in [6.45, 7) is 2.56. The fourth-order valence-corrected chi connectivity index (χ4v) is 5.40. The summed E-state index contributed by atoms with van der Waals surface area (Å²) in [5, 5.41) is 3.98. The second-order valence-corrected chi connectivity index (χ2v) is 9.63. The van der Waals surface area contributed by atoms with Crippen LogP contribution >= 0.6 is 0 Å². The molecule has 33 heavy (non-hydrogen) atoms. The average molecular weight is 451 g/mol. The van der Waals surface area contributed by atoms with E-state index in [1.165, 1.54) is 6.07 Å². The summed E-state index contributed by atoms with van der Waals surface area (Å²) in [6.07, 6.45) is 5.00. The molecule has 1 N–H and O–H groups in total. The van der Waals surface area contributed by atoms with Crippen molar-refractivity contribution in [3.63, 3.8) is 0 Å². The average Bonchev–Trinajstić information content (AvgIpc) is 3.10. The highest BCUT2D eigenvalue weighted by atomic mass is 19.1. The number of hydrogen-bond acceptors (Lipinski definition) is 6. The van der Waals surface area contributed by atoms with Gasteiger partial charge in [0.1, 0.15) is 17.2 Å². The Morgan fingerprint density at radius 3 is 2.61 bits per heavy atom. The maximum atomic E-state index is 14.8. The molecular weight excluding hydrogens is 423 g/mol. The number of benzene rings is 1. The van der Waals surface area contributed by atoms with Crippen molar-refractivity contribution in [3.8, 4) is 0 Å². The van der Waals surface area contributed by atoms with Crippen molar-refractivity contribution in [1.82, 2.24) is 19.4 Å². The van der Waals surface area contributed by atoms with E-state index in [0.717, 1.165) is 36.2 Å². The highest BCUT2D eigenvalue weighted by molar-refractivity contribution is 5.98. The molecule has 7 rings (SSSR count). The van der Waals surface area contributed by atoms with Gasteiger partial charge in [0, 0.05) is 50.0 Å². The van der Waals surface area contributed by atoms with Gasteiger partial charge in [-0.15, -0.1) is 0 Å². The van der Waals surface area contributed by atoms with Crippen molar-refractivity contribution in [2.75, 3.05) is 50.6 Å². The minimum Gasteiger partial charge on any atom is -0.378 e. The second kappa shape index (κ2) is 7.41. The maximum absolute atomic E-state index is 14.8. The minimum atomic E-state index is -0.293. The molecule has 2 bridgehead atoms. The van der Waals surface area contributed by atoms with Crippen molar-refractivity contribution in [1.29, 1.82) is 0 Å². The molecule has 4 aliphatic rings. The summed E-state index contributed by atoms with van der Waals surface area (Å²) >= 11 is 0. The Bertz CT molecular complexity index is 1230. The summed E-state index contributed by atoms with van der Waals surface area (Å²) in [5.74, 6) is 0.820. The van der Waals surface area contributed by atoms with Crippen LogP contribution in [0.3, 0.4) is 0 Å². The third-order valence-corrected chi connectivity index (χ3v) is 7.20. The predicted octanol–water partition coefficient (Wildman–Crippen LogP) is 3.36. The third kappa shape index (κ3) is 3.25. The van der Waals surface area contributed by atoms with E-state index >= 15 is 0 Å². The smallest absolute Gasteiger partial charge is 0.270 e. The van der Waals surface area contributed by atoms with Gasteiger partial charge in [-0.1, -0.05) is 0 Å². The molecule has 1 amide bonds. The zero-order chi connectivity index (χ0) is 22.7. The summed E-state index contributed by atoms with van der Waals surface area (Å²) in [7, 11) is 3.53. The van der Waals surface area contributed by atoms with Crippen molar-refractivity contribution in [2.24, 2.45) is 5.92 Å². The summed E-state index contributed by atoms with van der Waals surface area (Å²) in [5.41, 5.74) is 2.55. The fraction of sp³-hybridized carbons (Fsp3) is 0.458. The number of nitrogens with zero attached hydrogens (tertiary/aromatic N) is 5. The van der Waals surface area contributed by atoms with Gasteiger partial charge in [-0.2, -0.15) is 4.98 Å². The van der Waals surface area contributed by atoms with E-state index < -0.39 is 0 Å². The number of morpholine rings is 1. The van der Waals surface area contributed by atoms with Gasteiger partial charge < -0.3 is 24.4 Å². The third-order valence-electron chi connectivity index (χ3n) is 7.20. The number of rotatable bonds is 5. The molecule has 1 aromatic carbocycles. The van der Waals surface area contributed by atoms with E-state index in [1.807, 2.05) is 17.0 Å². The number of aromatic nitrogens is 3. The maximum Gasteiger partial charge on any atom is 0.270 e. The standard InChI is InChI=1S/C24H27FN6O2/c1-29(2)22(32)20-9-16-14-26-23(28-21(16)31(20)24-11-15(12-24)13-24)27-17-3-4-19(18(25)10-17)30-5-7-33-8-6-30/h3-4,9-10,14-15H,5-8,11-13H2,1-2H3,(H,26,27,28). The van der Waals surface area contributed by atoms with Crippen LogP contribution in [0, 0.1) is 11.7 Å². The Morgan fingerprint density at radius 1 is 1.21 bits per heavy atom. The molecule has 3 heterocycles. The molecule has 1 aliphatic heterocycles. The highest BCUT2D eigenvalue weighted by Crippen LogP contribution is 2.63. The zero-order valence-corrected chi connectivity index (χ0v) is 18.8. The van der Waals surface area contributed by atoms with Gasteiger partial charge >= 0.3 is 0 Å². The van der Waals surface area contributed by atoms with E-state index in [2.05, 4.69) is 14.9 Å². The van der Waals surface area contributed by atoms with Crippen molar-refractivity contribution >= 4 is 34.3 Å². The number of nitrogens with one attached hydrogen (secondary N) is 1. The molecule has 0 atom stereocenters. The molecule has 4 fully saturated rings. The highest BCUT2D eigenvalue weighted by Gasteiger charge is 2.59. The van der Waals surface area contributed by atoms with Crippen LogP contribution in [0.2, 0.25) is 0 Å². The van der Waals surface area contributed by atoms with Gasteiger partial charge in [0.05, 0.1) is 18.9 Å². The van der Waals surface area contributed by atoms with Crippen molar-refractivity contribution in [3.05, 3.63) is 42.0 Å². The number of carbonyl (C=O) groups excluding carboxylic acids is 1. The SMILES string of the molecule is CN(C)C(=O)c1cc2cnc(Nc3ccc(N4CCOCC4)c(F)c3)nc2n1C12CC(C1)C2. The van der Waals surface area contributed by atoms with E-state index in [1.54, 1.807) is 31.3 Å². The summed E-state index contributed by atoms with van der Waals surface area (Å²) in [4.78, 5) is 25.7. The van der Waals surface area contributed by atoms with Gasteiger partial charge in [-0.05, 0) is 49.4 Å². The Labute approximate surface area is 191 Å². The topological polar surface area (TPSA) is 75.5 Å². The van der Waals surface area contributed by atoms with Crippen LogP contribution in [-0.4, -0.2) is 65.7 Å². The molecule has 0 radical (unpaired) electrons. The molecule has 3 aliphatic carbocycles. The molecule has 1 saturated heterocycles. The number of hydrogen-bond donors (Lipinski definition) is 1. The van der Waals surface area contributed by atoms with E-state index in [4.69, 9.17) is 9.72 Å². The van der Waals surface area contributed by atoms with Crippen LogP contribution in [0.25, 0.3) is 11.0 Å². The molecule has 172 valence electrons. The van der Waals surface area contributed by atoms with Crippen molar-refractivity contribution in [2.45, 2.75) is 24.8 Å². The lowest BCUT2D eigenvalue weighted by atomic mass is 9.49. The zero-order valence-electron chi connectivity index (χ0n) is 18.8. The first-order valence-corrected chi connectivity index (χ1v) is 11.4. The Morgan fingerprint density at radius 2 is 1.97 bits per heavy atom. The molecule has 0 unspecified atom stereocenters. The van der Waals surface area contributed by atoms with E-state index in [0.29, 0.717) is 49.3 Å². The molecular formula is C24H27FN6O2. The minimum absolute atomic E-state index is 0.00897. The van der Waals surface area contributed by atoms with Gasteiger partial charge in [0.15, 0.2) is 0 Å². The Kier molecular flexibility index (Phi) is 4.58. The van der Waals surface area contributed by atoms with Crippen molar-refractivity contribution < 1.29 is 13.9 Å². The van der Waals surface area contributed by atoms with Gasteiger partial charge in [0.2, 0.25) is 5.95 Å². The first-order chi connectivity index (χ1) is 15.9. The molecule has 3 aromatic rings. The van der Waals surface area contributed by atoms with Gasteiger partial charge in [-0.25, -0.2) is 9.37 Å². The molecule has 9 heteroatoms. The fourth-order valence-electron chi connectivity index (χ4n) is 5.40. The quantitative estimate of drug-likeness (QED) is 0.643. The Balaban J connectivity index is 1.33. The lowest BCUT2D eigenvalue weighted by Gasteiger charge is -2.62. The molecule has 0 spiro atoms. The second-order valence-electron chi connectivity index (χ2n) is 9.63. The molecule has 8 nitrogen and oxygen atoms in total. The number of halogens is 1. The van der Waals surface area contributed by atoms with E-state index in [-0.39, 0.29) is 17.3 Å². The largest absolute Gasteiger partial charge is 0.378 e. The van der Waals surface area contributed by atoms with Crippen LogP contribution < -0.4 is 10.2 Å². The number of carbonyl (C=O) groups is 1. The van der Waals surface area contributed by atoms with Gasteiger partial charge in [-0.3, -0.25) is 4.79 Å². The molecule has 3 saturated carbocycles. The predicted molar refractivity (Wildman–Crippen MR) is 124 cm³/mol. The summed E-state index contributed by atoms with van der Waals surface area (Å²) in [6, 6.07) is 6.97. The first-order valence-electron chi connectivity index (χ1n) is 11.4. The molecule has 2 aromatic heterocycles. The number of ether oxygens (including phenoxy) is 1. The van der Waals surface area contributed by atoms with Gasteiger partial charge in [0.25, 0.3) is 5.91 Å². The number of amides is 1. The number of anilines is 3. The lowest BCUT2D eigenvalue weighted by Crippen LogP contribution is -2.60. The van der Waals surface area contributed by atoms with E-state index in [9.17, 15) is 9.18 Å². The van der Waals surface area contributed by atoms with Crippen LogP contribution in [0.1, 0.15) is 29.8 Å². The summed E-state index contributed by atoms with van der Waals surface area (Å²) < 4.78 is 22.3. The van der Waals surface area contributed by atoms with Crippen LogP contribution in [0.4, 0.5) is 21.7 Å². The monoisotopic (exact) mass is 450 g/mol.